The van der Waals surface area contributed by atoms with Crippen LogP contribution in [0.5, 0.6) is 5.75 Å². The Morgan fingerprint density at radius 3 is 2.28 bits per heavy atom. The highest BCUT2D eigenvalue weighted by Gasteiger charge is 2.13. The molecule has 2 aliphatic carbocycles. The fraction of sp³-hybridized carbons (Fsp3) is 0.167. The second kappa shape index (κ2) is 9.23. The van der Waals surface area contributed by atoms with Crippen LogP contribution < -0.4 is 15.2 Å². The lowest BCUT2D eigenvalue weighted by Crippen LogP contribution is -2.33. The fourth-order valence-electron chi connectivity index (χ4n) is 4.64. The van der Waals surface area contributed by atoms with Gasteiger partial charge in [0, 0.05) is 12.4 Å². The van der Waals surface area contributed by atoms with Gasteiger partial charge < -0.3 is 4.74 Å². The van der Waals surface area contributed by atoms with Crippen LogP contribution in [0.4, 0.5) is 0 Å². The zero-order chi connectivity index (χ0) is 21.8. The van der Waals surface area contributed by atoms with E-state index in [0.717, 1.165) is 12.2 Å². The van der Waals surface area contributed by atoms with Crippen molar-refractivity contribution in [2.24, 2.45) is 0 Å². The van der Waals surface area contributed by atoms with Crippen LogP contribution in [0.3, 0.4) is 0 Å². The van der Waals surface area contributed by atoms with Gasteiger partial charge >= 0.3 is 0 Å². The molecule has 0 aliphatic heterocycles. The monoisotopic (exact) mass is 417 g/mol. The van der Waals surface area contributed by atoms with E-state index in [1.54, 1.807) is 19.5 Å². The summed E-state index contributed by atoms with van der Waals surface area (Å²) in [6.45, 7) is 0. The van der Waals surface area contributed by atoms with Crippen molar-refractivity contribution in [1.82, 2.24) is 4.98 Å². The number of benzene rings is 3. The second-order valence-corrected chi connectivity index (χ2v) is 8.23. The molecule has 0 radical (unpaired) electrons. The topological polar surface area (TPSA) is 22.1 Å². The van der Waals surface area contributed by atoms with Crippen LogP contribution >= 0.6 is 0 Å². The van der Waals surface area contributed by atoms with Crippen LogP contribution in [-0.4, -0.2) is 12.1 Å². The first-order chi connectivity index (χ1) is 15.8. The highest BCUT2D eigenvalue weighted by Crippen LogP contribution is 2.25. The minimum Gasteiger partial charge on any atom is -0.497 e. The molecule has 2 nitrogen and oxygen atoms in total. The number of aryl methyl sites for hydroxylation is 1. The molecule has 0 spiro atoms. The molecule has 0 fully saturated rings. The third-order valence-electron chi connectivity index (χ3n) is 6.31. The van der Waals surface area contributed by atoms with Crippen LogP contribution in [0.1, 0.15) is 24.0 Å². The molecule has 0 saturated heterocycles. The minimum absolute atomic E-state index is 0.878. The average Bonchev–Trinajstić information content (AvgIpc) is 2.89. The summed E-state index contributed by atoms with van der Waals surface area (Å²) in [5, 5.41) is 2.99. The van der Waals surface area contributed by atoms with Gasteiger partial charge in [-0.25, -0.2) is 0 Å². The number of nitrogens with zero attached hydrogens (tertiary/aromatic N) is 1. The number of hydrogen-bond donors (Lipinski definition) is 0. The Labute approximate surface area is 189 Å². The summed E-state index contributed by atoms with van der Waals surface area (Å²) >= 11 is 0. The normalized spacial score (nSPS) is 13.2. The number of methoxy groups -OCH3 is 1. The first kappa shape index (κ1) is 20.3. The smallest absolute Gasteiger partial charge is 0.118 e. The Bertz CT molecular complexity index is 1340. The third kappa shape index (κ3) is 4.09. The molecule has 0 atom stereocenters. The fourth-order valence-corrected chi connectivity index (χ4v) is 4.64. The molecule has 2 aliphatic rings. The molecule has 0 N–H and O–H groups in total. The van der Waals surface area contributed by atoms with E-state index in [1.165, 1.54) is 63.1 Å². The number of hydrogen-bond acceptors (Lipinski definition) is 2. The molecule has 2 heteroatoms. The first-order valence-corrected chi connectivity index (χ1v) is 11.3. The van der Waals surface area contributed by atoms with Crippen molar-refractivity contribution in [3.05, 3.63) is 107 Å². The van der Waals surface area contributed by atoms with Gasteiger partial charge in [-0.2, -0.15) is 0 Å². The maximum atomic E-state index is 5.09. The van der Waals surface area contributed by atoms with Crippen molar-refractivity contribution < 1.29 is 4.74 Å². The van der Waals surface area contributed by atoms with Gasteiger partial charge in [0.05, 0.1) is 7.11 Å². The molecule has 158 valence electrons. The number of aromatic nitrogens is 1. The van der Waals surface area contributed by atoms with E-state index in [9.17, 15) is 0 Å². The van der Waals surface area contributed by atoms with Crippen LogP contribution in [0.15, 0.2) is 85.2 Å². The molecule has 4 aromatic rings. The van der Waals surface area contributed by atoms with Gasteiger partial charge in [0.15, 0.2) is 0 Å². The van der Waals surface area contributed by atoms with Crippen LogP contribution in [0.2, 0.25) is 0 Å². The molecule has 1 aromatic heterocycles. The molecular formula is C30H27NO. The summed E-state index contributed by atoms with van der Waals surface area (Å²) in [5.74, 6) is 0.878. The molecule has 6 rings (SSSR count). The molecule has 0 amide bonds. The average molecular weight is 418 g/mol. The zero-order valence-corrected chi connectivity index (χ0v) is 18.4. The van der Waals surface area contributed by atoms with Gasteiger partial charge in [-0.15, -0.1) is 0 Å². The van der Waals surface area contributed by atoms with Crippen LogP contribution in [-0.2, 0) is 12.8 Å². The second-order valence-electron chi connectivity index (χ2n) is 8.23. The maximum Gasteiger partial charge on any atom is 0.118 e. The van der Waals surface area contributed by atoms with Crippen molar-refractivity contribution in [2.45, 2.75) is 25.7 Å². The SMILES string of the molecule is C1=c2c(ccc3c2=CCc2ccccc2-3)CCC1.COc1ccc(-c2ccncc2)cc1. The summed E-state index contributed by atoms with van der Waals surface area (Å²) < 4.78 is 5.09. The quantitative estimate of drug-likeness (QED) is 0.426. The number of pyridine rings is 1. The molecule has 0 unspecified atom stereocenters. The Morgan fingerprint density at radius 1 is 0.688 bits per heavy atom. The Morgan fingerprint density at radius 2 is 1.47 bits per heavy atom. The van der Waals surface area contributed by atoms with Gasteiger partial charge in [0.1, 0.15) is 5.75 Å². The maximum absolute atomic E-state index is 5.09. The van der Waals surface area contributed by atoms with E-state index < -0.39 is 0 Å². The summed E-state index contributed by atoms with van der Waals surface area (Å²) in [6.07, 6.45) is 13.3. The predicted molar refractivity (Wildman–Crippen MR) is 133 cm³/mol. The summed E-state index contributed by atoms with van der Waals surface area (Å²) in [7, 11) is 1.67. The first-order valence-electron chi connectivity index (χ1n) is 11.3. The lowest BCUT2D eigenvalue weighted by molar-refractivity contribution is 0.415. The van der Waals surface area contributed by atoms with Gasteiger partial charge in [-0.3, -0.25) is 4.98 Å². The van der Waals surface area contributed by atoms with E-state index >= 15 is 0 Å². The molecule has 0 saturated carbocycles. The summed E-state index contributed by atoms with van der Waals surface area (Å²) in [5.41, 5.74) is 8.19. The van der Waals surface area contributed by atoms with Crippen molar-refractivity contribution >= 4 is 12.2 Å². The Hall–Kier alpha value is -3.65. The summed E-state index contributed by atoms with van der Waals surface area (Å²) in [6, 6.07) is 25.4. The van der Waals surface area contributed by atoms with Gasteiger partial charge in [-0.1, -0.05) is 60.7 Å². The van der Waals surface area contributed by atoms with Crippen molar-refractivity contribution in [2.75, 3.05) is 7.11 Å². The van der Waals surface area contributed by atoms with Gasteiger partial charge in [-0.05, 0) is 93.8 Å². The van der Waals surface area contributed by atoms with Crippen molar-refractivity contribution in [1.29, 1.82) is 0 Å². The van der Waals surface area contributed by atoms with Crippen molar-refractivity contribution in [3.8, 4) is 28.0 Å². The van der Waals surface area contributed by atoms with Crippen molar-refractivity contribution in [3.63, 3.8) is 0 Å². The number of fused-ring (bicyclic) bond motifs is 5. The standard InChI is InChI=1S/C18H16.C12H11NO/c1-3-7-15-13(5-1)9-11-18-16-8-4-2-6-14(16)10-12-17(15)18;1-14-12-4-2-10(3-5-12)11-6-8-13-9-7-11/h1,3,5,7-8,10-12H,2,4,6,9H2;2-9H,1H3. The lowest BCUT2D eigenvalue weighted by atomic mass is 9.87. The Balaban J connectivity index is 0.000000140. The van der Waals surface area contributed by atoms with E-state index in [0.29, 0.717) is 0 Å². The number of ether oxygens (including phenoxy) is 1. The minimum atomic E-state index is 0.878. The van der Waals surface area contributed by atoms with Crippen LogP contribution in [0.25, 0.3) is 34.4 Å². The highest BCUT2D eigenvalue weighted by atomic mass is 16.5. The molecule has 3 aromatic carbocycles. The molecular weight excluding hydrogens is 390 g/mol. The van der Waals surface area contributed by atoms with E-state index in [2.05, 4.69) is 53.5 Å². The predicted octanol–water partition coefficient (Wildman–Crippen LogP) is 5.56. The summed E-state index contributed by atoms with van der Waals surface area (Å²) in [4.78, 5) is 3.98. The highest BCUT2D eigenvalue weighted by molar-refractivity contribution is 5.74. The third-order valence-corrected chi connectivity index (χ3v) is 6.31. The van der Waals surface area contributed by atoms with E-state index in [4.69, 9.17) is 4.74 Å². The molecule has 32 heavy (non-hydrogen) atoms. The van der Waals surface area contributed by atoms with E-state index in [-0.39, 0.29) is 0 Å². The van der Waals surface area contributed by atoms with Gasteiger partial charge in [0.2, 0.25) is 0 Å². The lowest BCUT2D eigenvalue weighted by Gasteiger charge is -2.17. The largest absolute Gasteiger partial charge is 0.497 e. The molecule has 0 bridgehead atoms. The Kier molecular flexibility index (Phi) is 5.85. The van der Waals surface area contributed by atoms with Crippen LogP contribution in [0, 0.1) is 0 Å². The zero-order valence-electron chi connectivity index (χ0n) is 18.4. The van der Waals surface area contributed by atoms with E-state index in [1.807, 2.05) is 36.4 Å². The van der Waals surface area contributed by atoms with Gasteiger partial charge in [0.25, 0.3) is 0 Å². The molecule has 1 heterocycles. The number of rotatable bonds is 2.